The van der Waals surface area contributed by atoms with Crippen LogP contribution in [0.5, 0.6) is 11.5 Å². The van der Waals surface area contributed by atoms with Crippen LogP contribution in [0.15, 0.2) is 47.6 Å². The van der Waals surface area contributed by atoms with Crippen LogP contribution in [-0.4, -0.2) is 37.9 Å². The van der Waals surface area contributed by atoms with Crippen LogP contribution in [0.1, 0.15) is 38.8 Å². The number of nitrogens with one attached hydrogen (secondary N) is 1. The number of amides is 1. The van der Waals surface area contributed by atoms with E-state index in [0.29, 0.717) is 16.5 Å². The van der Waals surface area contributed by atoms with Crippen LogP contribution >= 0.6 is 11.6 Å². The number of nitrogens with zero attached hydrogens (tertiary/aromatic N) is 2. The number of ether oxygens (including phenoxy) is 2. The molecule has 1 heterocycles. The largest absolute Gasteiger partial charge is 0.493 e. The molecule has 0 saturated heterocycles. The van der Waals surface area contributed by atoms with Gasteiger partial charge in [-0.2, -0.15) is 5.10 Å². The molecule has 164 valence electrons. The van der Waals surface area contributed by atoms with Gasteiger partial charge in [0.05, 0.1) is 23.9 Å². The second-order valence-corrected chi connectivity index (χ2v) is 8.26. The third-order valence-electron chi connectivity index (χ3n) is 5.23. The van der Waals surface area contributed by atoms with Crippen LogP contribution in [0, 0.1) is 0 Å². The number of likely N-dealkylation sites (N-methyl/N-ethyl adjacent to an activating group) is 1. The predicted octanol–water partition coefficient (Wildman–Crippen LogP) is 4.90. The molecule has 0 atom stereocenters. The van der Waals surface area contributed by atoms with Gasteiger partial charge in [-0.3, -0.25) is 4.79 Å². The summed E-state index contributed by atoms with van der Waals surface area (Å²) in [6, 6.07) is 11.1. The normalized spacial score (nSPS) is 14.8. The molecule has 0 saturated carbocycles. The van der Waals surface area contributed by atoms with Crippen LogP contribution in [0.3, 0.4) is 0 Å². The van der Waals surface area contributed by atoms with E-state index in [4.69, 9.17) is 21.1 Å². The molecule has 7 heteroatoms. The Bertz CT molecular complexity index is 1030. The van der Waals surface area contributed by atoms with E-state index < -0.39 is 0 Å². The number of hydrogen-bond donors (Lipinski definition) is 1. The summed E-state index contributed by atoms with van der Waals surface area (Å²) in [7, 11) is 1.55. The summed E-state index contributed by atoms with van der Waals surface area (Å²) in [6.07, 6.45) is 3.80. The summed E-state index contributed by atoms with van der Waals surface area (Å²) in [4.78, 5) is 14.4. The number of anilines is 1. The van der Waals surface area contributed by atoms with Gasteiger partial charge in [0.15, 0.2) is 18.1 Å². The van der Waals surface area contributed by atoms with Gasteiger partial charge in [-0.25, -0.2) is 5.43 Å². The van der Waals surface area contributed by atoms with Gasteiger partial charge in [0, 0.05) is 23.4 Å². The molecule has 3 rings (SSSR count). The number of carbonyl (C=O) groups is 1. The molecular weight excluding hydrogens is 414 g/mol. The highest BCUT2D eigenvalue weighted by Gasteiger charge is 2.30. The van der Waals surface area contributed by atoms with Crippen molar-refractivity contribution in [2.24, 2.45) is 5.10 Å². The van der Waals surface area contributed by atoms with Crippen molar-refractivity contribution in [3.05, 3.63) is 58.6 Å². The Morgan fingerprint density at radius 3 is 2.65 bits per heavy atom. The summed E-state index contributed by atoms with van der Waals surface area (Å²) < 4.78 is 10.7. The lowest BCUT2D eigenvalue weighted by Gasteiger charge is -2.43. The monoisotopic (exact) mass is 441 g/mol. The number of rotatable bonds is 7. The van der Waals surface area contributed by atoms with Gasteiger partial charge in [0.1, 0.15) is 0 Å². The number of para-hydroxylation sites is 2. The van der Waals surface area contributed by atoms with Crippen LogP contribution in [-0.2, 0) is 4.79 Å². The lowest BCUT2D eigenvalue weighted by atomic mass is 9.88. The van der Waals surface area contributed by atoms with E-state index in [2.05, 4.69) is 49.2 Å². The summed E-state index contributed by atoms with van der Waals surface area (Å²) in [5.41, 5.74) is 6.52. The molecule has 1 N–H and O–H groups in total. The van der Waals surface area contributed by atoms with Crippen molar-refractivity contribution in [3.8, 4) is 11.5 Å². The molecular formula is C24H28ClN3O3. The zero-order valence-electron chi connectivity index (χ0n) is 18.5. The molecule has 0 aromatic heterocycles. The van der Waals surface area contributed by atoms with E-state index >= 15 is 0 Å². The molecule has 1 aliphatic heterocycles. The zero-order chi connectivity index (χ0) is 22.6. The second-order valence-electron chi connectivity index (χ2n) is 7.85. The molecule has 2 aromatic rings. The SMILES string of the molecule is CCN1c2cc(Cl)c(/C=N/NC(=O)COc3ccccc3OC)cc2C(C)=CC1(C)C. The van der Waals surface area contributed by atoms with E-state index in [9.17, 15) is 4.79 Å². The fraction of sp³-hybridized carbons (Fsp3) is 0.333. The van der Waals surface area contributed by atoms with Gasteiger partial charge in [-0.05, 0) is 57.5 Å². The van der Waals surface area contributed by atoms with Gasteiger partial charge in [0.2, 0.25) is 0 Å². The maximum atomic E-state index is 12.1. The Kier molecular flexibility index (Phi) is 6.91. The topological polar surface area (TPSA) is 63.2 Å². The molecule has 0 unspecified atom stereocenters. The number of carbonyl (C=O) groups excluding carboxylic acids is 1. The van der Waals surface area contributed by atoms with Crippen LogP contribution in [0.25, 0.3) is 5.57 Å². The molecule has 0 radical (unpaired) electrons. The lowest BCUT2D eigenvalue weighted by Crippen LogP contribution is -2.44. The molecule has 2 aromatic carbocycles. The first-order valence-electron chi connectivity index (χ1n) is 10.2. The molecule has 0 spiro atoms. The van der Waals surface area contributed by atoms with E-state index in [1.165, 1.54) is 5.57 Å². The smallest absolute Gasteiger partial charge is 0.277 e. The minimum absolute atomic E-state index is 0.0832. The lowest BCUT2D eigenvalue weighted by molar-refractivity contribution is -0.123. The summed E-state index contributed by atoms with van der Waals surface area (Å²) >= 11 is 6.53. The number of fused-ring (bicyclic) bond motifs is 1. The minimum atomic E-state index is -0.383. The Labute approximate surface area is 188 Å². The molecule has 6 nitrogen and oxygen atoms in total. The van der Waals surface area contributed by atoms with Crippen molar-refractivity contribution in [1.82, 2.24) is 5.43 Å². The number of hydrogen-bond acceptors (Lipinski definition) is 5. The van der Waals surface area contributed by atoms with E-state index in [-0.39, 0.29) is 18.1 Å². The van der Waals surface area contributed by atoms with Gasteiger partial charge in [-0.15, -0.1) is 0 Å². The first kappa shape index (κ1) is 22.7. The third kappa shape index (κ3) is 5.02. The van der Waals surface area contributed by atoms with Gasteiger partial charge in [-0.1, -0.05) is 29.8 Å². The predicted molar refractivity (Wildman–Crippen MR) is 126 cm³/mol. The zero-order valence-corrected chi connectivity index (χ0v) is 19.3. The fourth-order valence-electron chi connectivity index (χ4n) is 3.88. The summed E-state index contributed by atoms with van der Waals surface area (Å²) in [5, 5.41) is 4.62. The van der Waals surface area contributed by atoms with Gasteiger partial charge < -0.3 is 14.4 Å². The summed E-state index contributed by atoms with van der Waals surface area (Å²) in [6.45, 7) is 9.29. The highest BCUT2D eigenvalue weighted by Crippen LogP contribution is 2.40. The van der Waals surface area contributed by atoms with E-state index in [0.717, 1.165) is 23.4 Å². The highest BCUT2D eigenvalue weighted by molar-refractivity contribution is 6.33. The average Bonchev–Trinajstić information content (AvgIpc) is 2.73. The highest BCUT2D eigenvalue weighted by atomic mass is 35.5. The molecule has 0 bridgehead atoms. The van der Waals surface area contributed by atoms with E-state index in [1.807, 2.05) is 24.3 Å². The number of allylic oxidation sites excluding steroid dienone is 1. The Morgan fingerprint density at radius 2 is 1.97 bits per heavy atom. The van der Waals surface area contributed by atoms with Crippen molar-refractivity contribution < 1.29 is 14.3 Å². The maximum Gasteiger partial charge on any atom is 0.277 e. The van der Waals surface area contributed by atoms with Crippen molar-refractivity contribution in [3.63, 3.8) is 0 Å². The number of benzene rings is 2. The van der Waals surface area contributed by atoms with Crippen molar-refractivity contribution in [1.29, 1.82) is 0 Å². The van der Waals surface area contributed by atoms with Gasteiger partial charge >= 0.3 is 0 Å². The first-order chi connectivity index (χ1) is 14.8. The maximum absolute atomic E-state index is 12.1. The molecule has 31 heavy (non-hydrogen) atoms. The summed E-state index contributed by atoms with van der Waals surface area (Å²) in [5.74, 6) is 0.672. The molecule has 1 amide bonds. The number of methoxy groups -OCH3 is 1. The van der Waals surface area contributed by atoms with Gasteiger partial charge in [0.25, 0.3) is 5.91 Å². The van der Waals surface area contributed by atoms with Crippen molar-refractivity contribution in [2.45, 2.75) is 33.2 Å². The molecule has 0 fully saturated rings. The minimum Gasteiger partial charge on any atom is -0.493 e. The molecule has 1 aliphatic rings. The third-order valence-corrected chi connectivity index (χ3v) is 5.56. The molecule has 0 aliphatic carbocycles. The standard InChI is InChI=1S/C24H28ClN3O3/c1-6-28-20-12-19(25)17(11-18(20)16(2)13-24(28,3)4)14-26-27-23(29)15-31-22-10-8-7-9-21(22)30-5/h7-14H,6,15H2,1-5H3,(H,27,29)/b26-14+. The Balaban J connectivity index is 1.69. The van der Waals surface area contributed by atoms with E-state index in [1.54, 1.807) is 25.5 Å². The van der Waals surface area contributed by atoms with Crippen LogP contribution < -0.4 is 19.8 Å². The fourth-order valence-corrected chi connectivity index (χ4v) is 4.09. The average molecular weight is 442 g/mol. The second kappa shape index (κ2) is 9.43. The van der Waals surface area contributed by atoms with Crippen molar-refractivity contribution >= 4 is 35.0 Å². The Morgan fingerprint density at radius 1 is 1.26 bits per heavy atom. The number of hydrazone groups is 1. The van der Waals surface area contributed by atoms with Crippen molar-refractivity contribution in [2.75, 3.05) is 25.2 Å². The Hall–Kier alpha value is -2.99. The first-order valence-corrected chi connectivity index (χ1v) is 10.5. The number of halogens is 1. The van der Waals surface area contributed by atoms with Crippen LogP contribution in [0.4, 0.5) is 5.69 Å². The quantitative estimate of drug-likeness (QED) is 0.490. The van der Waals surface area contributed by atoms with Crippen LogP contribution in [0.2, 0.25) is 5.02 Å².